The van der Waals surface area contributed by atoms with Gasteiger partial charge in [0.15, 0.2) is 17.2 Å². The molecule has 0 fully saturated rings. The number of likely N-dealkylation sites (N-methyl/N-ethyl adjacent to an activating group) is 1. The summed E-state index contributed by atoms with van der Waals surface area (Å²) in [5, 5.41) is 45.6. The van der Waals surface area contributed by atoms with Gasteiger partial charge in [0.05, 0.1) is 11.6 Å². The number of hydrogen-bond donors (Lipinski definition) is 4. The van der Waals surface area contributed by atoms with Gasteiger partial charge < -0.3 is 25.3 Å². The lowest BCUT2D eigenvalue weighted by atomic mass is 9.47. The van der Waals surface area contributed by atoms with Gasteiger partial charge in [0.2, 0.25) is 5.78 Å². The molecule has 4 N–H and O–H groups in total. The Hall–Kier alpha value is -3.17. The number of nitrogens with zero attached hydrogens (tertiary/aromatic N) is 2. The normalized spacial score (nSPS) is 31.9. The molecule has 3 aliphatic carbocycles. The molecule has 0 aliphatic heterocycles. The summed E-state index contributed by atoms with van der Waals surface area (Å²) in [4.78, 5) is 43.5. The van der Waals surface area contributed by atoms with Gasteiger partial charge in [0, 0.05) is 36.2 Å². The highest BCUT2D eigenvalue weighted by Gasteiger charge is 2.71. The maximum Gasteiger partial charge on any atom is 0.209 e. The number of anilines is 1. The Kier molecular flexibility index (Phi) is 5.52. The van der Waals surface area contributed by atoms with E-state index in [1.165, 1.54) is 0 Å². The Morgan fingerprint density at radius 2 is 1.67 bits per heavy atom. The number of aliphatic hydroxyl groups is 3. The van der Waals surface area contributed by atoms with Gasteiger partial charge in [-0.05, 0) is 58.0 Å². The maximum absolute atomic E-state index is 14.0. The average molecular weight is 499 g/mol. The molecule has 0 spiro atoms. The van der Waals surface area contributed by atoms with E-state index in [2.05, 4.69) is 0 Å². The fourth-order valence-electron chi connectivity index (χ4n) is 7.01. The number of Topliss-reactive ketones (excluding diaryl/α,β-unsaturated/α-hetero) is 3. The van der Waals surface area contributed by atoms with E-state index in [0.29, 0.717) is 11.1 Å². The summed E-state index contributed by atoms with van der Waals surface area (Å²) in [6, 6.07) is 0.789. The van der Waals surface area contributed by atoms with E-state index in [1.807, 2.05) is 19.0 Å². The van der Waals surface area contributed by atoms with Gasteiger partial charge in [-0.25, -0.2) is 0 Å². The lowest BCUT2D eigenvalue weighted by Gasteiger charge is -2.59. The number of benzene rings is 1. The largest absolute Gasteiger partial charge is 0.510 e. The monoisotopic (exact) mass is 498 g/mol. The van der Waals surface area contributed by atoms with Crippen molar-refractivity contribution < 1.29 is 34.8 Å². The van der Waals surface area contributed by atoms with Gasteiger partial charge in [-0.15, -0.1) is 0 Å². The van der Waals surface area contributed by atoms with Gasteiger partial charge in [0.1, 0.15) is 22.8 Å². The Morgan fingerprint density at radius 3 is 2.17 bits per heavy atom. The molecule has 1 aromatic carbocycles. The number of aliphatic hydroxyl groups excluding tert-OH is 2. The van der Waals surface area contributed by atoms with Crippen molar-refractivity contribution in [3.05, 3.63) is 45.4 Å². The molecule has 0 saturated carbocycles. The second-order valence-electron chi connectivity index (χ2n) is 11.4. The van der Waals surface area contributed by atoms with Gasteiger partial charge in [-0.3, -0.25) is 19.3 Å². The van der Waals surface area contributed by atoms with Crippen molar-refractivity contribution >= 4 is 23.0 Å². The number of ketones is 3. The number of allylic oxidation sites excluding steroid dienone is 1. The van der Waals surface area contributed by atoms with Gasteiger partial charge in [-0.2, -0.15) is 0 Å². The van der Waals surface area contributed by atoms with Crippen LogP contribution in [0.2, 0.25) is 0 Å². The predicted molar refractivity (Wildman–Crippen MR) is 133 cm³/mol. The molecule has 1 aromatic rings. The molecule has 4 atom stereocenters. The minimum absolute atomic E-state index is 0.0301. The van der Waals surface area contributed by atoms with E-state index in [9.17, 15) is 34.8 Å². The second-order valence-corrected chi connectivity index (χ2v) is 11.4. The third-order valence-electron chi connectivity index (χ3n) is 8.39. The average Bonchev–Trinajstić information content (AvgIpc) is 2.72. The molecule has 0 heterocycles. The SMILES string of the molecule is CC(=O)C1=C(O)C(N(C)C)[C@@]2(C)C[C@@]3(C)Cc4c(N(C)C)cc(C)c(O)c4C(=O)C3=C(O)[C@@]2(O)C1=O. The molecule has 0 amide bonds. The zero-order chi connectivity index (χ0) is 27.3. The number of phenolic OH excluding ortho intramolecular Hbond substituents is 1. The summed E-state index contributed by atoms with van der Waals surface area (Å²) < 4.78 is 0. The standard InChI is InChI=1S/C27H34N2O7/c1-12-9-15(28(5)6)14-10-25(3)11-26(4)22(29(7)8)21(33)16(13(2)30)23(34)27(26,36)24(35)18(25)20(32)17(14)19(12)31/h9,22,31,33,35-36H,10-11H2,1-8H3/t22?,25-,26-,27+/m1/s1. The highest BCUT2D eigenvalue weighted by atomic mass is 16.4. The van der Waals surface area contributed by atoms with Gasteiger partial charge in [-0.1, -0.05) is 13.8 Å². The molecule has 194 valence electrons. The highest BCUT2D eigenvalue weighted by molar-refractivity contribution is 6.25. The van der Waals surface area contributed by atoms with Crippen LogP contribution in [0.5, 0.6) is 5.75 Å². The molecule has 0 saturated heterocycles. The van der Waals surface area contributed by atoms with Crippen molar-refractivity contribution in [2.45, 2.75) is 52.2 Å². The van der Waals surface area contributed by atoms with Crippen LogP contribution in [-0.2, 0) is 16.0 Å². The topological polar surface area (TPSA) is 139 Å². The molecule has 0 radical (unpaired) electrons. The van der Waals surface area contributed by atoms with Crippen molar-refractivity contribution in [2.24, 2.45) is 10.8 Å². The van der Waals surface area contributed by atoms with E-state index in [4.69, 9.17) is 0 Å². The molecular formula is C27H34N2O7. The van der Waals surface area contributed by atoms with E-state index < -0.39 is 56.9 Å². The first kappa shape index (κ1) is 25.9. The molecule has 0 aromatic heterocycles. The Balaban J connectivity index is 2.10. The first-order chi connectivity index (χ1) is 16.5. The van der Waals surface area contributed by atoms with E-state index in [0.717, 1.165) is 12.6 Å². The molecule has 36 heavy (non-hydrogen) atoms. The number of carbonyl (C=O) groups excluding carboxylic acids is 3. The third kappa shape index (κ3) is 2.93. The van der Waals surface area contributed by atoms with Crippen molar-refractivity contribution in [1.29, 1.82) is 0 Å². The molecular weight excluding hydrogens is 464 g/mol. The maximum atomic E-state index is 14.0. The predicted octanol–water partition coefficient (Wildman–Crippen LogP) is 2.38. The number of fused-ring (bicyclic) bond motifs is 3. The number of aryl methyl sites for hydroxylation is 1. The highest BCUT2D eigenvalue weighted by Crippen LogP contribution is 2.63. The van der Waals surface area contributed by atoms with E-state index >= 15 is 0 Å². The first-order valence-electron chi connectivity index (χ1n) is 11.8. The number of rotatable bonds is 3. The Labute approximate surface area is 210 Å². The quantitative estimate of drug-likeness (QED) is 0.463. The third-order valence-corrected chi connectivity index (χ3v) is 8.39. The summed E-state index contributed by atoms with van der Waals surface area (Å²) >= 11 is 0. The second kappa shape index (κ2) is 7.66. The van der Waals surface area contributed by atoms with Crippen LogP contribution in [0, 0.1) is 17.8 Å². The molecule has 3 aliphatic rings. The molecule has 9 heteroatoms. The van der Waals surface area contributed by atoms with E-state index in [-0.39, 0.29) is 29.7 Å². The summed E-state index contributed by atoms with van der Waals surface area (Å²) in [5.41, 5.74) is -4.09. The van der Waals surface area contributed by atoms with Crippen LogP contribution in [-0.4, -0.2) is 82.5 Å². The van der Waals surface area contributed by atoms with Gasteiger partial charge >= 0.3 is 0 Å². The zero-order valence-corrected chi connectivity index (χ0v) is 22.0. The van der Waals surface area contributed by atoms with Crippen molar-refractivity contribution in [2.75, 3.05) is 33.1 Å². The minimum atomic E-state index is -2.64. The summed E-state index contributed by atoms with van der Waals surface area (Å²) in [6.07, 6.45) is 0.269. The molecule has 1 unspecified atom stereocenters. The van der Waals surface area contributed by atoms with Crippen molar-refractivity contribution in [3.63, 3.8) is 0 Å². The number of carbonyl (C=O) groups is 3. The molecule has 9 nitrogen and oxygen atoms in total. The number of phenols is 1. The number of hydrogen-bond acceptors (Lipinski definition) is 9. The van der Waals surface area contributed by atoms with Crippen LogP contribution in [0.15, 0.2) is 28.7 Å². The molecule has 4 rings (SSSR count). The first-order valence-corrected chi connectivity index (χ1v) is 11.8. The summed E-state index contributed by atoms with van der Waals surface area (Å²) in [6.45, 7) is 6.13. The van der Waals surface area contributed by atoms with Crippen LogP contribution in [0.3, 0.4) is 0 Å². The molecule has 0 bridgehead atoms. The van der Waals surface area contributed by atoms with Crippen LogP contribution in [0.25, 0.3) is 0 Å². The van der Waals surface area contributed by atoms with Gasteiger partial charge in [0.25, 0.3) is 0 Å². The van der Waals surface area contributed by atoms with Crippen LogP contribution in [0.4, 0.5) is 5.69 Å². The summed E-state index contributed by atoms with van der Waals surface area (Å²) in [7, 11) is 6.95. The minimum Gasteiger partial charge on any atom is -0.510 e. The summed E-state index contributed by atoms with van der Waals surface area (Å²) in [5.74, 6) is -4.07. The Morgan fingerprint density at radius 1 is 1.08 bits per heavy atom. The fourth-order valence-corrected chi connectivity index (χ4v) is 7.01. The Bertz CT molecular complexity index is 1310. The van der Waals surface area contributed by atoms with Crippen LogP contribution < -0.4 is 4.90 Å². The fraction of sp³-hybridized carbons (Fsp3) is 0.519. The smallest absolute Gasteiger partial charge is 0.209 e. The lowest BCUT2D eigenvalue weighted by molar-refractivity contribution is -0.169. The van der Waals surface area contributed by atoms with Crippen molar-refractivity contribution in [3.8, 4) is 5.75 Å². The zero-order valence-electron chi connectivity index (χ0n) is 22.0. The van der Waals surface area contributed by atoms with Crippen LogP contribution in [0.1, 0.15) is 48.7 Å². The van der Waals surface area contributed by atoms with Crippen LogP contribution >= 0.6 is 0 Å². The van der Waals surface area contributed by atoms with Crippen molar-refractivity contribution in [1.82, 2.24) is 4.90 Å². The van der Waals surface area contributed by atoms with E-state index in [1.54, 1.807) is 45.8 Å². The lowest BCUT2D eigenvalue weighted by Crippen LogP contribution is -2.70. The number of aromatic hydroxyl groups is 1.